The summed E-state index contributed by atoms with van der Waals surface area (Å²) in [6.07, 6.45) is 7.66. The van der Waals surface area contributed by atoms with Crippen molar-refractivity contribution in [3.05, 3.63) is 72.9 Å². The summed E-state index contributed by atoms with van der Waals surface area (Å²) in [5.41, 5.74) is 3.79. The van der Waals surface area contributed by atoms with Gasteiger partial charge in [-0.3, -0.25) is 0 Å². The highest BCUT2D eigenvalue weighted by Gasteiger charge is 1.90. The standard InChI is InChI=1S/C14H18.CH4/c1-11(2)7-9-13(5)14(6)10-8-12(3)4;/h7-10H,1,3,5-6H2,2,4H3;1H4/b9-7-,10-8-;. The van der Waals surface area contributed by atoms with Gasteiger partial charge in [-0.25, -0.2) is 0 Å². The monoisotopic (exact) mass is 202 g/mol. The maximum Gasteiger partial charge on any atom is -0.0262 e. The van der Waals surface area contributed by atoms with Gasteiger partial charge in [0, 0.05) is 0 Å². The molecular formula is C15H22. The van der Waals surface area contributed by atoms with Crippen molar-refractivity contribution in [3.8, 4) is 0 Å². The van der Waals surface area contributed by atoms with Crippen LogP contribution in [0.1, 0.15) is 21.3 Å². The third-order valence-electron chi connectivity index (χ3n) is 1.55. The molecule has 0 aromatic heterocycles. The molecule has 0 bridgehead atoms. The first-order chi connectivity index (χ1) is 6.43. The molecule has 0 N–H and O–H groups in total. The van der Waals surface area contributed by atoms with Crippen molar-refractivity contribution < 1.29 is 0 Å². The zero-order chi connectivity index (χ0) is 11.1. The van der Waals surface area contributed by atoms with Crippen molar-refractivity contribution >= 4 is 0 Å². The van der Waals surface area contributed by atoms with Crippen LogP contribution in [0, 0.1) is 0 Å². The van der Waals surface area contributed by atoms with Crippen LogP contribution in [0.3, 0.4) is 0 Å². The normalized spacial score (nSPS) is 10.0. The van der Waals surface area contributed by atoms with Gasteiger partial charge >= 0.3 is 0 Å². The molecule has 0 saturated carbocycles. The van der Waals surface area contributed by atoms with Crippen molar-refractivity contribution in [2.75, 3.05) is 0 Å². The van der Waals surface area contributed by atoms with Crippen LogP contribution in [-0.4, -0.2) is 0 Å². The van der Waals surface area contributed by atoms with Gasteiger partial charge in [0.25, 0.3) is 0 Å². The second-order valence-electron chi connectivity index (χ2n) is 3.41. The summed E-state index contributed by atoms with van der Waals surface area (Å²) in [5.74, 6) is 0. The van der Waals surface area contributed by atoms with Gasteiger partial charge in [-0.2, -0.15) is 0 Å². The molecule has 0 radical (unpaired) electrons. The number of allylic oxidation sites excluding steroid dienone is 8. The fraction of sp³-hybridized carbons (Fsp3) is 0.200. The summed E-state index contributed by atoms with van der Waals surface area (Å²) in [6.45, 7) is 19.2. The van der Waals surface area contributed by atoms with E-state index in [9.17, 15) is 0 Å². The lowest BCUT2D eigenvalue weighted by Crippen LogP contribution is -1.78. The topological polar surface area (TPSA) is 0 Å². The Labute approximate surface area is 94.7 Å². The van der Waals surface area contributed by atoms with Crippen LogP contribution in [0.15, 0.2) is 72.9 Å². The summed E-state index contributed by atoms with van der Waals surface area (Å²) < 4.78 is 0. The third-order valence-corrected chi connectivity index (χ3v) is 1.55. The second-order valence-corrected chi connectivity index (χ2v) is 3.41. The van der Waals surface area contributed by atoms with E-state index >= 15 is 0 Å². The SMILES string of the molecule is C.C=C(C)/C=C\C(=C)C(=C)/C=C\C(=C)C. The molecule has 0 aliphatic heterocycles. The summed E-state index contributed by atoms with van der Waals surface area (Å²) in [4.78, 5) is 0. The molecule has 0 fully saturated rings. The lowest BCUT2D eigenvalue weighted by molar-refractivity contribution is 1.50. The molecule has 0 rings (SSSR count). The fourth-order valence-electron chi connectivity index (χ4n) is 0.700. The van der Waals surface area contributed by atoms with Crippen molar-refractivity contribution in [2.45, 2.75) is 21.3 Å². The van der Waals surface area contributed by atoms with Crippen molar-refractivity contribution in [2.24, 2.45) is 0 Å². The highest BCUT2D eigenvalue weighted by atomic mass is 14.0. The van der Waals surface area contributed by atoms with Gasteiger partial charge < -0.3 is 0 Å². The molecule has 15 heavy (non-hydrogen) atoms. The first-order valence-electron chi connectivity index (χ1n) is 4.49. The van der Waals surface area contributed by atoms with E-state index in [2.05, 4.69) is 26.3 Å². The van der Waals surface area contributed by atoms with Crippen LogP contribution in [-0.2, 0) is 0 Å². The van der Waals surface area contributed by atoms with Gasteiger partial charge in [0.05, 0.1) is 0 Å². The minimum Gasteiger partial charge on any atom is -0.0961 e. The van der Waals surface area contributed by atoms with Crippen LogP contribution >= 0.6 is 0 Å². The van der Waals surface area contributed by atoms with Crippen LogP contribution in [0.25, 0.3) is 0 Å². The van der Waals surface area contributed by atoms with Gasteiger partial charge in [0.15, 0.2) is 0 Å². The quantitative estimate of drug-likeness (QED) is 0.550. The Morgan fingerprint density at radius 1 is 0.667 bits per heavy atom. The molecule has 0 aliphatic carbocycles. The third kappa shape index (κ3) is 8.76. The lowest BCUT2D eigenvalue weighted by atomic mass is 10.1. The van der Waals surface area contributed by atoms with Crippen LogP contribution in [0.4, 0.5) is 0 Å². The van der Waals surface area contributed by atoms with Gasteiger partial charge in [-0.15, -0.1) is 0 Å². The van der Waals surface area contributed by atoms with E-state index in [1.807, 2.05) is 38.2 Å². The Bertz CT molecular complexity index is 288. The number of rotatable bonds is 5. The van der Waals surface area contributed by atoms with Crippen LogP contribution in [0.2, 0.25) is 0 Å². The Morgan fingerprint density at radius 2 is 0.933 bits per heavy atom. The van der Waals surface area contributed by atoms with E-state index < -0.39 is 0 Å². The largest absolute Gasteiger partial charge is 0.0961 e. The summed E-state index contributed by atoms with van der Waals surface area (Å²) >= 11 is 0. The molecule has 0 heteroatoms. The molecule has 0 amide bonds. The van der Waals surface area contributed by atoms with E-state index in [1.165, 1.54) is 0 Å². The molecule has 0 aromatic carbocycles. The highest BCUT2D eigenvalue weighted by Crippen LogP contribution is 2.10. The van der Waals surface area contributed by atoms with E-state index in [-0.39, 0.29) is 7.43 Å². The van der Waals surface area contributed by atoms with Gasteiger partial charge in [0.1, 0.15) is 0 Å². The Hall–Kier alpha value is -1.56. The average Bonchev–Trinajstić information content (AvgIpc) is 2.09. The van der Waals surface area contributed by atoms with Gasteiger partial charge in [-0.05, 0) is 25.0 Å². The second kappa shape index (κ2) is 7.81. The van der Waals surface area contributed by atoms with Crippen molar-refractivity contribution in [1.29, 1.82) is 0 Å². The van der Waals surface area contributed by atoms with E-state index in [4.69, 9.17) is 0 Å². The predicted octanol–water partition coefficient (Wildman–Crippen LogP) is 5.00. The zero-order valence-electron chi connectivity index (χ0n) is 9.14. The molecular weight excluding hydrogens is 180 g/mol. The summed E-state index contributed by atoms with van der Waals surface area (Å²) in [6, 6.07) is 0. The molecule has 0 aromatic rings. The summed E-state index contributed by atoms with van der Waals surface area (Å²) in [7, 11) is 0. The highest BCUT2D eigenvalue weighted by molar-refractivity contribution is 5.45. The molecule has 0 aliphatic rings. The van der Waals surface area contributed by atoms with E-state index in [1.54, 1.807) is 0 Å². The smallest absolute Gasteiger partial charge is 0.0262 e. The first kappa shape index (κ1) is 15.9. The van der Waals surface area contributed by atoms with Crippen LogP contribution in [0.5, 0.6) is 0 Å². The predicted molar refractivity (Wildman–Crippen MR) is 72.9 cm³/mol. The molecule has 0 heterocycles. The molecule has 0 unspecified atom stereocenters. The molecule has 0 nitrogen and oxygen atoms in total. The van der Waals surface area contributed by atoms with E-state index in [0.29, 0.717) is 0 Å². The fourth-order valence-corrected chi connectivity index (χ4v) is 0.700. The van der Waals surface area contributed by atoms with Gasteiger partial charge in [0.2, 0.25) is 0 Å². The zero-order valence-corrected chi connectivity index (χ0v) is 9.14. The molecule has 0 saturated heterocycles. The van der Waals surface area contributed by atoms with Crippen LogP contribution < -0.4 is 0 Å². The average molecular weight is 202 g/mol. The number of hydrogen-bond acceptors (Lipinski definition) is 0. The number of hydrogen-bond donors (Lipinski definition) is 0. The lowest BCUT2D eigenvalue weighted by Gasteiger charge is -1.98. The summed E-state index contributed by atoms with van der Waals surface area (Å²) in [5, 5.41) is 0. The van der Waals surface area contributed by atoms with E-state index in [0.717, 1.165) is 22.3 Å². The molecule has 0 spiro atoms. The first-order valence-corrected chi connectivity index (χ1v) is 4.49. The maximum atomic E-state index is 3.90. The Balaban J connectivity index is 0. The Kier molecular flexibility index (Phi) is 8.27. The van der Waals surface area contributed by atoms with Crippen molar-refractivity contribution in [3.63, 3.8) is 0 Å². The molecule has 0 atom stereocenters. The van der Waals surface area contributed by atoms with Gasteiger partial charge in [-0.1, -0.05) is 69.2 Å². The minimum absolute atomic E-state index is 0. The minimum atomic E-state index is 0. The Morgan fingerprint density at radius 3 is 1.13 bits per heavy atom. The molecule has 82 valence electrons. The maximum absolute atomic E-state index is 3.90. The van der Waals surface area contributed by atoms with Crippen molar-refractivity contribution in [1.82, 2.24) is 0 Å².